The Morgan fingerprint density at radius 2 is 1.83 bits per heavy atom. The summed E-state index contributed by atoms with van der Waals surface area (Å²) in [6.07, 6.45) is -0.611. The van der Waals surface area contributed by atoms with Crippen molar-refractivity contribution in [2.45, 2.75) is 40.7 Å². The molecule has 1 amide bonds. The summed E-state index contributed by atoms with van der Waals surface area (Å²) in [4.78, 5) is 12.5. The number of aryl methyl sites for hydroxylation is 2. The zero-order valence-electron chi connectivity index (χ0n) is 15.0. The van der Waals surface area contributed by atoms with E-state index in [2.05, 4.69) is 11.4 Å². The summed E-state index contributed by atoms with van der Waals surface area (Å²) < 4.78 is 11.4. The first kappa shape index (κ1) is 17.9. The molecule has 0 aliphatic heterocycles. The summed E-state index contributed by atoms with van der Waals surface area (Å²) in [5.74, 6) is 1.19. The predicted molar refractivity (Wildman–Crippen MR) is 97.0 cm³/mol. The monoisotopic (exact) mass is 327 g/mol. The van der Waals surface area contributed by atoms with Gasteiger partial charge in [0.05, 0.1) is 12.3 Å². The van der Waals surface area contributed by atoms with Gasteiger partial charge in [0, 0.05) is 0 Å². The lowest BCUT2D eigenvalue weighted by molar-refractivity contribution is -0.122. The Balaban J connectivity index is 2.11. The molecule has 2 aromatic rings. The lowest BCUT2D eigenvalue weighted by atomic mass is 10.1. The van der Waals surface area contributed by atoms with Gasteiger partial charge in [0.2, 0.25) is 0 Å². The van der Waals surface area contributed by atoms with Crippen molar-refractivity contribution in [1.82, 2.24) is 0 Å². The molecule has 0 saturated carbocycles. The van der Waals surface area contributed by atoms with Crippen molar-refractivity contribution in [1.29, 1.82) is 0 Å². The van der Waals surface area contributed by atoms with Crippen LogP contribution in [-0.2, 0) is 4.79 Å². The number of hydrogen-bond acceptors (Lipinski definition) is 3. The van der Waals surface area contributed by atoms with Gasteiger partial charge in [-0.1, -0.05) is 18.2 Å². The molecule has 0 saturated heterocycles. The number of carbonyl (C=O) groups excluding carboxylic acids is 1. The maximum atomic E-state index is 12.5. The number of anilines is 1. The van der Waals surface area contributed by atoms with E-state index in [1.165, 1.54) is 0 Å². The van der Waals surface area contributed by atoms with Gasteiger partial charge in [0.15, 0.2) is 6.10 Å². The van der Waals surface area contributed by atoms with Crippen molar-refractivity contribution in [3.8, 4) is 11.5 Å². The first-order valence-corrected chi connectivity index (χ1v) is 8.19. The number of carbonyl (C=O) groups is 1. The van der Waals surface area contributed by atoms with Gasteiger partial charge in [-0.05, 0) is 69.5 Å². The van der Waals surface area contributed by atoms with E-state index in [9.17, 15) is 4.79 Å². The SMILES string of the molecule is CCOc1ccccc1NC(=O)[C@@H](C)Oc1cc(C)cc(C)c1C. The summed E-state index contributed by atoms with van der Waals surface area (Å²) in [5, 5.41) is 2.88. The number of ether oxygens (including phenoxy) is 2. The molecule has 0 fully saturated rings. The van der Waals surface area contributed by atoms with Gasteiger partial charge in [0.25, 0.3) is 5.91 Å². The minimum Gasteiger partial charge on any atom is -0.492 e. The van der Waals surface area contributed by atoms with Crippen LogP contribution >= 0.6 is 0 Å². The second-order valence-corrected chi connectivity index (χ2v) is 5.88. The van der Waals surface area contributed by atoms with E-state index in [-0.39, 0.29) is 5.91 Å². The van der Waals surface area contributed by atoms with Crippen LogP contribution in [0.15, 0.2) is 36.4 Å². The molecule has 0 aliphatic rings. The van der Waals surface area contributed by atoms with Gasteiger partial charge in [-0.3, -0.25) is 4.79 Å². The molecule has 0 radical (unpaired) electrons. The van der Waals surface area contributed by atoms with Crippen LogP contribution in [0.25, 0.3) is 0 Å². The summed E-state index contributed by atoms with van der Waals surface area (Å²) in [6, 6.07) is 11.4. The summed E-state index contributed by atoms with van der Waals surface area (Å²) >= 11 is 0. The molecule has 2 rings (SSSR count). The van der Waals surface area contributed by atoms with Gasteiger partial charge < -0.3 is 14.8 Å². The highest BCUT2D eigenvalue weighted by molar-refractivity contribution is 5.95. The Morgan fingerprint density at radius 3 is 2.54 bits per heavy atom. The molecule has 4 heteroatoms. The van der Waals surface area contributed by atoms with Crippen molar-refractivity contribution in [3.05, 3.63) is 53.1 Å². The highest BCUT2D eigenvalue weighted by atomic mass is 16.5. The predicted octanol–water partition coefficient (Wildman–Crippen LogP) is 4.42. The molecule has 1 atom stereocenters. The van der Waals surface area contributed by atoms with Crippen molar-refractivity contribution in [2.75, 3.05) is 11.9 Å². The number of benzene rings is 2. The van der Waals surface area contributed by atoms with E-state index in [0.29, 0.717) is 18.0 Å². The van der Waals surface area contributed by atoms with E-state index in [0.717, 1.165) is 22.4 Å². The first-order valence-electron chi connectivity index (χ1n) is 8.19. The molecule has 1 N–H and O–H groups in total. The summed E-state index contributed by atoms with van der Waals surface area (Å²) in [5.41, 5.74) is 3.97. The fraction of sp³-hybridized carbons (Fsp3) is 0.350. The van der Waals surface area contributed by atoms with E-state index in [1.54, 1.807) is 6.92 Å². The second-order valence-electron chi connectivity index (χ2n) is 5.88. The van der Waals surface area contributed by atoms with Crippen LogP contribution in [0.2, 0.25) is 0 Å². The van der Waals surface area contributed by atoms with Crippen LogP contribution in [0.1, 0.15) is 30.5 Å². The Hall–Kier alpha value is -2.49. The molecule has 24 heavy (non-hydrogen) atoms. The largest absolute Gasteiger partial charge is 0.492 e. The summed E-state index contributed by atoms with van der Waals surface area (Å²) in [6.45, 7) is 10.3. The topological polar surface area (TPSA) is 47.6 Å². The summed E-state index contributed by atoms with van der Waals surface area (Å²) in [7, 11) is 0. The molecular weight excluding hydrogens is 302 g/mol. The molecule has 128 valence electrons. The molecule has 0 aliphatic carbocycles. The lowest BCUT2D eigenvalue weighted by Gasteiger charge is -2.19. The molecular formula is C20H25NO3. The third-order valence-electron chi connectivity index (χ3n) is 3.88. The molecule has 0 unspecified atom stereocenters. The smallest absolute Gasteiger partial charge is 0.265 e. The lowest BCUT2D eigenvalue weighted by Crippen LogP contribution is -2.30. The van der Waals surface area contributed by atoms with Gasteiger partial charge in [-0.25, -0.2) is 0 Å². The van der Waals surface area contributed by atoms with E-state index in [4.69, 9.17) is 9.47 Å². The Labute approximate surface area is 143 Å². The fourth-order valence-electron chi connectivity index (χ4n) is 2.45. The zero-order chi connectivity index (χ0) is 17.7. The Morgan fingerprint density at radius 1 is 1.12 bits per heavy atom. The highest BCUT2D eigenvalue weighted by Crippen LogP contribution is 2.26. The van der Waals surface area contributed by atoms with Gasteiger partial charge in [0.1, 0.15) is 11.5 Å². The Kier molecular flexibility index (Phi) is 5.85. The average molecular weight is 327 g/mol. The van der Waals surface area contributed by atoms with E-state index >= 15 is 0 Å². The molecule has 2 aromatic carbocycles. The van der Waals surface area contributed by atoms with Crippen molar-refractivity contribution in [2.24, 2.45) is 0 Å². The molecule has 0 bridgehead atoms. The maximum Gasteiger partial charge on any atom is 0.265 e. The van der Waals surface area contributed by atoms with Crippen LogP contribution in [0, 0.1) is 20.8 Å². The minimum absolute atomic E-state index is 0.208. The van der Waals surface area contributed by atoms with Gasteiger partial charge in [-0.2, -0.15) is 0 Å². The number of nitrogens with one attached hydrogen (secondary N) is 1. The van der Waals surface area contributed by atoms with Crippen LogP contribution in [-0.4, -0.2) is 18.6 Å². The van der Waals surface area contributed by atoms with Crippen LogP contribution < -0.4 is 14.8 Å². The highest BCUT2D eigenvalue weighted by Gasteiger charge is 2.18. The molecule has 0 heterocycles. The van der Waals surface area contributed by atoms with Crippen molar-refractivity contribution < 1.29 is 14.3 Å². The second kappa shape index (κ2) is 7.86. The fourth-order valence-corrected chi connectivity index (χ4v) is 2.45. The van der Waals surface area contributed by atoms with Gasteiger partial charge >= 0.3 is 0 Å². The Bertz CT molecular complexity index is 725. The van der Waals surface area contributed by atoms with Crippen molar-refractivity contribution in [3.63, 3.8) is 0 Å². The molecule has 4 nitrogen and oxygen atoms in total. The third kappa shape index (κ3) is 4.28. The minimum atomic E-state index is -0.611. The van der Waals surface area contributed by atoms with E-state index < -0.39 is 6.10 Å². The van der Waals surface area contributed by atoms with Crippen molar-refractivity contribution >= 4 is 11.6 Å². The van der Waals surface area contributed by atoms with Crippen LogP contribution in [0.3, 0.4) is 0 Å². The maximum absolute atomic E-state index is 12.5. The number of rotatable bonds is 6. The standard InChI is InChI=1S/C20H25NO3/c1-6-23-18-10-8-7-9-17(18)21-20(22)16(5)24-19-12-13(2)11-14(3)15(19)4/h7-12,16H,6H2,1-5H3,(H,21,22)/t16-/m1/s1. The zero-order valence-corrected chi connectivity index (χ0v) is 15.0. The third-order valence-corrected chi connectivity index (χ3v) is 3.88. The quantitative estimate of drug-likeness (QED) is 0.854. The van der Waals surface area contributed by atoms with Gasteiger partial charge in [-0.15, -0.1) is 0 Å². The number of para-hydroxylation sites is 2. The average Bonchev–Trinajstić information content (AvgIpc) is 2.54. The van der Waals surface area contributed by atoms with Crippen LogP contribution in [0.4, 0.5) is 5.69 Å². The normalized spacial score (nSPS) is 11.7. The first-order chi connectivity index (χ1) is 11.4. The van der Waals surface area contributed by atoms with E-state index in [1.807, 2.05) is 58.0 Å². The molecule has 0 spiro atoms. The molecule has 0 aromatic heterocycles. The number of hydrogen-bond donors (Lipinski definition) is 1. The van der Waals surface area contributed by atoms with Crippen LogP contribution in [0.5, 0.6) is 11.5 Å². The number of amides is 1.